The van der Waals surface area contributed by atoms with Crippen molar-refractivity contribution in [2.24, 2.45) is 7.05 Å². The topological polar surface area (TPSA) is 85.9 Å². The Morgan fingerprint density at radius 2 is 2.20 bits per heavy atom. The molecule has 0 fully saturated rings. The number of aromatic nitrogens is 3. The monoisotopic (exact) mass is 293 g/mol. The number of nitrogens with zero attached hydrogens (tertiary/aromatic N) is 4. The summed E-state index contributed by atoms with van der Waals surface area (Å²) in [5.74, 6) is 0.762. The van der Waals surface area contributed by atoms with Gasteiger partial charge in [0.2, 0.25) is 0 Å². The summed E-state index contributed by atoms with van der Waals surface area (Å²) >= 11 is 1.24. The van der Waals surface area contributed by atoms with E-state index in [1.807, 2.05) is 20.9 Å². The molecule has 1 aromatic heterocycles. The zero-order valence-electron chi connectivity index (χ0n) is 11.5. The minimum absolute atomic E-state index is 0.0694. The van der Waals surface area contributed by atoms with Gasteiger partial charge in [0, 0.05) is 13.6 Å². The van der Waals surface area contributed by atoms with Crippen molar-refractivity contribution in [2.45, 2.75) is 23.9 Å². The number of para-hydroxylation sites is 1. The summed E-state index contributed by atoms with van der Waals surface area (Å²) in [6.45, 7) is 4.36. The van der Waals surface area contributed by atoms with Crippen LogP contribution in [0.2, 0.25) is 0 Å². The predicted octanol–water partition coefficient (Wildman–Crippen LogP) is 2.61. The number of hydrogen-bond donors (Lipinski definition) is 1. The summed E-state index contributed by atoms with van der Waals surface area (Å²) in [4.78, 5) is 11.5. The molecule has 2 aromatic rings. The largest absolute Gasteiger partial charge is 0.380 e. The summed E-state index contributed by atoms with van der Waals surface area (Å²) in [7, 11) is 1.83. The molecule has 8 heteroatoms. The lowest BCUT2D eigenvalue weighted by Gasteiger charge is -2.08. The first-order valence-corrected chi connectivity index (χ1v) is 6.91. The Morgan fingerprint density at radius 1 is 1.45 bits per heavy atom. The smallest absolute Gasteiger partial charge is 0.306 e. The molecule has 7 nitrogen and oxygen atoms in total. The molecule has 1 aromatic carbocycles. The summed E-state index contributed by atoms with van der Waals surface area (Å²) in [6.07, 6.45) is 0. The lowest BCUT2D eigenvalue weighted by molar-refractivity contribution is -0.386. The van der Waals surface area contributed by atoms with E-state index in [9.17, 15) is 10.1 Å². The zero-order valence-corrected chi connectivity index (χ0v) is 12.3. The zero-order chi connectivity index (χ0) is 14.7. The molecule has 0 unspecified atom stereocenters. The van der Waals surface area contributed by atoms with E-state index in [-0.39, 0.29) is 10.6 Å². The second-order valence-electron chi connectivity index (χ2n) is 4.13. The first kappa shape index (κ1) is 14.3. The molecule has 0 saturated heterocycles. The van der Waals surface area contributed by atoms with Crippen molar-refractivity contribution in [3.8, 4) is 0 Å². The number of aryl methyl sites for hydroxylation is 1. The minimum atomic E-state index is -0.371. The number of benzene rings is 1. The molecule has 106 valence electrons. The van der Waals surface area contributed by atoms with Gasteiger partial charge in [0.15, 0.2) is 5.16 Å². The van der Waals surface area contributed by atoms with E-state index in [4.69, 9.17) is 0 Å². The number of nitrogens with one attached hydrogen (secondary N) is 1. The second kappa shape index (κ2) is 5.91. The van der Waals surface area contributed by atoms with Crippen molar-refractivity contribution >= 4 is 23.1 Å². The average molecular weight is 293 g/mol. The normalized spacial score (nSPS) is 10.6. The molecule has 0 radical (unpaired) electrons. The van der Waals surface area contributed by atoms with E-state index >= 15 is 0 Å². The fourth-order valence-corrected chi connectivity index (χ4v) is 2.68. The minimum Gasteiger partial charge on any atom is -0.380 e. The van der Waals surface area contributed by atoms with Gasteiger partial charge in [-0.2, -0.15) is 0 Å². The Labute approximate surface area is 120 Å². The molecular weight excluding hydrogens is 278 g/mol. The highest BCUT2D eigenvalue weighted by atomic mass is 32.2. The highest BCUT2D eigenvalue weighted by Crippen LogP contribution is 2.38. The fourth-order valence-electron chi connectivity index (χ4n) is 1.70. The quantitative estimate of drug-likeness (QED) is 0.673. The van der Waals surface area contributed by atoms with Crippen LogP contribution in [0.3, 0.4) is 0 Å². The van der Waals surface area contributed by atoms with E-state index in [0.29, 0.717) is 22.3 Å². The third-order valence-electron chi connectivity index (χ3n) is 2.80. The summed E-state index contributed by atoms with van der Waals surface area (Å²) in [5, 5.41) is 22.9. The van der Waals surface area contributed by atoms with Crippen molar-refractivity contribution in [2.75, 3.05) is 11.9 Å². The van der Waals surface area contributed by atoms with Crippen molar-refractivity contribution in [3.05, 3.63) is 34.1 Å². The van der Waals surface area contributed by atoms with Gasteiger partial charge in [-0.15, -0.1) is 10.2 Å². The van der Waals surface area contributed by atoms with Crippen LogP contribution < -0.4 is 5.32 Å². The Balaban J connectivity index is 2.43. The Kier molecular flexibility index (Phi) is 4.23. The number of nitro benzene ring substituents is 1. The van der Waals surface area contributed by atoms with Gasteiger partial charge in [0.05, 0.1) is 9.82 Å². The molecule has 2 rings (SSSR count). The van der Waals surface area contributed by atoms with Gasteiger partial charge in [-0.3, -0.25) is 10.1 Å². The fraction of sp³-hybridized carbons (Fsp3) is 0.333. The van der Waals surface area contributed by atoms with Crippen LogP contribution >= 0.6 is 11.8 Å². The van der Waals surface area contributed by atoms with Crippen LogP contribution in [0.15, 0.2) is 28.3 Å². The maximum absolute atomic E-state index is 11.3. The van der Waals surface area contributed by atoms with Crippen LogP contribution in [-0.4, -0.2) is 26.2 Å². The van der Waals surface area contributed by atoms with Gasteiger partial charge < -0.3 is 9.88 Å². The van der Waals surface area contributed by atoms with E-state index in [2.05, 4.69) is 15.5 Å². The summed E-state index contributed by atoms with van der Waals surface area (Å²) in [5.41, 5.74) is 0.585. The van der Waals surface area contributed by atoms with Gasteiger partial charge in [-0.05, 0) is 37.7 Å². The molecule has 0 aliphatic carbocycles. The van der Waals surface area contributed by atoms with Crippen LogP contribution in [0.25, 0.3) is 0 Å². The maximum atomic E-state index is 11.3. The molecule has 0 bridgehead atoms. The third kappa shape index (κ3) is 2.74. The lowest BCUT2D eigenvalue weighted by Crippen LogP contribution is -2.02. The van der Waals surface area contributed by atoms with Crippen molar-refractivity contribution < 1.29 is 4.92 Å². The summed E-state index contributed by atoms with van der Waals surface area (Å²) < 4.78 is 1.80. The Morgan fingerprint density at radius 3 is 2.75 bits per heavy atom. The molecule has 0 saturated carbocycles. The molecule has 0 aliphatic rings. The lowest BCUT2D eigenvalue weighted by atomic mass is 10.2. The highest BCUT2D eigenvalue weighted by molar-refractivity contribution is 7.99. The van der Waals surface area contributed by atoms with Crippen molar-refractivity contribution in [1.29, 1.82) is 0 Å². The van der Waals surface area contributed by atoms with Gasteiger partial charge in [-0.1, -0.05) is 6.07 Å². The van der Waals surface area contributed by atoms with E-state index < -0.39 is 0 Å². The molecular formula is C12H15N5O2S. The van der Waals surface area contributed by atoms with Crippen LogP contribution in [-0.2, 0) is 7.05 Å². The molecule has 20 heavy (non-hydrogen) atoms. The number of nitro groups is 1. The second-order valence-corrected chi connectivity index (χ2v) is 5.14. The van der Waals surface area contributed by atoms with Crippen LogP contribution in [0.1, 0.15) is 12.7 Å². The maximum Gasteiger partial charge on any atom is 0.306 e. The van der Waals surface area contributed by atoms with Gasteiger partial charge in [-0.25, -0.2) is 0 Å². The average Bonchev–Trinajstić information content (AvgIpc) is 2.71. The predicted molar refractivity (Wildman–Crippen MR) is 77.1 cm³/mol. The SMILES string of the molecule is CCNc1cccc(Sc2nnc(C)n2C)c1[N+](=O)[O-]. The Bertz CT molecular complexity index is 641. The van der Waals surface area contributed by atoms with Crippen molar-refractivity contribution in [3.63, 3.8) is 0 Å². The Hall–Kier alpha value is -2.09. The first-order chi connectivity index (χ1) is 9.54. The van der Waals surface area contributed by atoms with Gasteiger partial charge >= 0.3 is 5.69 Å². The molecule has 0 amide bonds. The summed E-state index contributed by atoms with van der Waals surface area (Å²) in [6, 6.07) is 5.21. The van der Waals surface area contributed by atoms with Crippen molar-refractivity contribution in [1.82, 2.24) is 14.8 Å². The molecule has 0 atom stereocenters. The van der Waals surface area contributed by atoms with Gasteiger partial charge in [0.1, 0.15) is 11.5 Å². The van der Waals surface area contributed by atoms with Crippen LogP contribution in [0, 0.1) is 17.0 Å². The van der Waals surface area contributed by atoms with Crippen LogP contribution in [0.4, 0.5) is 11.4 Å². The number of hydrogen-bond acceptors (Lipinski definition) is 6. The van der Waals surface area contributed by atoms with Gasteiger partial charge in [0.25, 0.3) is 0 Å². The highest BCUT2D eigenvalue weighted by Gasteiger charge is 2.21. The van der Waals surface area contributed by atoms with E-state index in [1.165, 1.54) is 11.8 Å². The molecule has 0 spiro atoms. The third-order valence-corrected chi connectivity index (χ3v) is 3.89. The van der Waals surface area contributed by atoms with E-state index in [1.54, 1.807) is 22.8 Å². The van der Waals surface area contributed by atoms with Crippen LogP contribution in [0.5, 0.6) is 0 Å². The first-order valence-electron chi connectivity index (χ1n) is 6.09. The molecule has 1 N–H and O–H groups in total. The van der Waals surface area contributed by atoms with E-state index in [0.717, 1.165) is 5.82 Å². The standard InChI is InChI=1S/C12H15N5O2S/c1-4-13-9-6-5-7-10(11(9)17(18)19)20-12-15-14-8(2)16(12)3/h5-7,13H,4H2,1-3H3. The number of rotatable bonds is 5. The molecule has 0 aliphatic heterocycles. The molecule has 1 heterocycles. The number of anilines is 1.